The van der Waals surface area contributed by atoms with Crippen molar-refractivity contribution in [3.8, 4) is 0 Å². The van der Waals surface area contributed by atoms with Crippen molar-refractivity contribution >= 4 is 28.8 Å². The van der Waals surface area contributed by atoms with Gasteiger partial charge >= 0.3 is 0 Å². The van der Waals surface area contributed by atoms with Gasteiger partial charge < -0.3 is 9.32 Å². The lowest BCUT2D eigenvalue weighted by Crippen LogP contribution is -2.32. The van der Waals surface area contributed by atoms with E-state index in [1.165, 1.54) is 0 Å². The Balaban J connectivity index is 1.71. The Labute approximate surface area is 165 Å². The van der Waals surface area contributed by atoms with Gasteiger partial charge in [0.05, 0.1) is 0 Å². The van der Waals surface area contributed by atoms with Gasteiger partial charge in [0.15, 0.2) is 5.58 Å². The normalized spacial score (nSPS) is 11.1. The first kappa shape index (κ1) is 19.5. The van der Waals surface area contributed by atoms with E-state index < -0.39 is 0 Å². The van der Waals surface area contributed by atoms with Gasteiger partial charge in [-0.2, -0.15) is 0 Å². The fraction of sp³-hybridized carbons (Fsp3) is 0.364. The van der Waals surface area contributed by atoms with Crippen LogP contribution in [0.15, 0.2) is 52.1 Å². The molecule has 0 bridgehead atoms. The van der Waals surface area contributed by atoms with Gasteiger partial charge in [0.2, 0.25) is 0 Å². The Morgan fingerprint density at radius 1 is 1.11 bits per heavy atom. The lowest BCUT2D eigenvalue weighted by atomic mass is 10.1. The van der Waals surface area contributed by atoms with E-state index in [2.05, 4.69) is 18.8 Å². The first-order valence-corrected chi connectivity index (χ1v) is 10.5. The summed E-state index contributed by atoms with van der Waals surface area (Å²) in [6.07, 6.45) is 1.94. The number of amides is 1. The first-order valence-electron chi connectivity index (χ1n) is 9.49. The van der Waals surface area contributed by atoms with Crippen molar-refractivity contribution in [1.29, 1.82) is 0 Å². The topological polar surface area (TPSA) is 46.3 Å². The SMILES string of the molecule is CCCN(CCC)C(=O)c1cccc(CSc2nc3c(C)cccc3o2)c1. The van der Waals surface area contributed by atoms with Crippen LogP contribution in [-0.4, -0.2) is 28.9 Å². The van der Waals surface area contributed by atoms with Crippen LogP contribution in [-0.2, 0) is 5.75 Å². The number of thioether (sulfide) groups is 1. The number of nitrogens with zero attached hydrogens (tertiary/aromatic N) is 2. The molecule has 0 fully saturated rings. The zero-order valence-corrected chi connectivity index (χ0v) is 17.0. The van der Waals surface area contributed by atoms with E-state index in [9.17, 15) is 4.79 Å². The highest BCUT2D eigenvalue weighted by Crippen LogP contribution is 2.28. The minimum Gasteiger partial charge on any atom is -0.431 e. The second-order valence-corrected chi connectivity index (χ2v) is 7.61. The average molecular weight is 383 g/mol. The zero-order chi connectivity index (χ0) is 19.2. The van der Waals surface area contributed by atoms with Crippen molar-refractivity contribution in [1.82, 2.24) is 9.88 Å². The van der Waals surface area contributed by atoms with Crippen LogP contribution in [0.1, 0.15) is 48.2 Å². The van der Waals surface area contributed by atoms with Crippen molar-refractivity contribution in [2.75, 3.05) is 13.1 Å². The summed E-state index contributed by atoms with van der Waals surface area (Å²) in [6, 6.07) is 13.8. The Bertz CT molecular complexity index is 914. The molecule has 4 nitrogen and oxygen atoms in total. The van der Waals surface area contributed by atoms with Crippen molar-refractivity contribution in [3.05, 3.63) is 59.2 Å². The highest BCUT2D eigenvalue weighted by Gasteiger charge is 2.15. The number of hydrogen-bond donors (Lipinski definition) is 0. The molecule has 0 aliphatic rings. The third-order valence-corrected chi connectivity index (χ3v) is 5.31. The predicted octanol–water partition coefficient (Wildman–Crippen LogP) is 5.69. The van der Waals surface area contributed by atoms with Crippen LogP contribution < -0.4 is 0 Å². The molecular weight excluding hydrogens is 356 g/mol. The van der Waals surface area contributed by atoms with Gasteiger partial charge in [-0.15, -0.1) is 0 Å². The van der Waals surface area contributed by atoms with Gasteiger partial charge in [-0.05, 0) is 49.1 Å². The second-order valence-electron chi connectivity index (χ2n) is 6.68. The van der Waals surface area contributed by atoms with Crippen molar-refractivity contribution < 1.29 is 9.21 Å². The van der Waals surface area contributed by atoms with Crippen LogP contribution in [0.25, 0.3) is 11.1 Å². The standard InChI is InChI=1S/C22H26N2O2S/c1-4-12-24(13-5-2)21(25)18-10-7-9-17(14-18)15-27-22-23-20-16(3)8-6-11-19(20)26-22/h6-11,14H,4-5,12-13,15H2,1-3H3. The molecule has 0 unspecified atom stereocenters. The number of aryl methyl sites for hydroxylation is 1. The third-order valence-electron chi connectivity index (χ3n) is 4.41. The quantitative estimate of drug-likeness (QED) is 0.470. The van der Waals surface area contributed by atoms with E-state index in [1.807, 2.05) is 54.3 Å². The van der Waals surface area contributed by atoms with Crippen LogP contribution in [0.5, 0.6) is 0 Å². The van der Waals surface area contributed by atoms with E-state index in [0.717, 1.165) is 53.7 Å². The Kier molecular flexibility index (Phi) is 6.56. The maximum Gasteiger partial charge on any atom is 0.257 e. The molecule has 0 saturated carbocycles. The molecule has 1 heterocycles. The first-order chi connectivity index (χ1) is 13.1. The van der Waals surface area contributed by atoms with Crippen LogP contribution >= 0.6 is 11.8 Å². The molecule has 0 N–H and O–H groups in total. The molecule has 1 amide bonds. The van der Waals surface area contributed by atoms with E-state index in [0.29, 0.717) is 11.0 Å². The maximum absolute atomic E-state index is 12.8. The summed E-state index contributed by atoms with van der Waals surface area (Å²) >= 11 is 1.55. The molecule has 0 spiro atoms. The number of carbonyl (C=O) groups is 1. The minimum absolute atomic E-state index is 0.114. The molecule has 0 aliphatic heterocycles. The van der Waals surface area contributed by atoms with E-state index in [1.54, 1.807) is 11.8 Å². The lowest BCUT2D eigenvalue weighted by molar-refractivity contribution is 0.0755. The zero-order valence-electron chi connectivity index (χ0n) is 16.2. The summed E-state index contributed by atoms with van der Waals surface area (Å²) in [4.78, 5) is 19.3. The Morgan fingerprint density at radius 3 is 2.56 bits per heavy atom. The Hall–Kier alpha value is -2.27. The van der Waals surface area contributed by atoms with Gasteiger partial charge in [0.25, 0.3) is 11.1 Å². The van der Waals surface area contributed by atoms with Crippen LogP contribution in [0.3, 0.4) is 0 Å². The molecule has 142 valence electrons. The van der Waals surface area contributed by atoms with Crippen molar-refractivity contribution in [2.24, 2.45) is 0 Å². The molecule has 3 rings (SSSR count). The predicted molar refractivity (Wildman–Crippen MR) is 111 cm³/mol. The van der Waals surface area contributed by atoms with Crippen molar-refractivity contribution in [3.63, 3.8) is 0 Å². The van der Waals surface area contributed by atoms with E-state index in [-0.39, 0.29) is 5.91 Å². The molecule has 0 saturated heterocycles. The van der Waals surface area contributed by atoms with Gasteiger partial charge in [-0.25, -0.2) is 4.98 Å². The third kappa shape index (κ3) is 4.72. The summed E-state index contributed by atoms with van der Waals surface area (Å²) in [6.45, 7) is 7.84. The number of fused-ring (bicyclic) bond motifs is 1. The number of oxazole rings is 1. The molecular formula is C22H26N2O2S. The van der Waals surface area contributed by atoms with Gasteiger partial charge in [-0.3, -0.25) is 4.79 Å². The minimum atomic E-state index is 0.114. The molecule has 3 aromatic rings. The van der Waals surface area contributed by atoms with E-state index in [4.69, 9.17) is 4.42 Å². The van der Waals surface area contributed by atoms with Crippen LogP contribution in [0, 0.1) is 6.92 Å². The highest BCUT2D eigenvalue weighted by atomic mass is 32.2. The molecule has 0 atom stereocenters. The lowest BCUT2D eigenvalue weighted by Gasteiger charge is -2.21. The largest absolute Gasteiger partial charge is 0.431 e. The Morgan fingerprint density at radius 2 is 1.85 bits per heavy atom. The summed E-state index contributed by atoms with van der Waals surface area (Å²) < 4.78 is 5.83. The number of aromatic nitrogens is 1. The monoisotopic (exact) mass is 382 g/mol. The molecule has 0 radical (unpaired) electrons. The maximum atomic E-state index is 12.8. The number of rotatable bonds is 8. The van der Waals surface area contributed by atoms with Gasteiger partial charge in [0, 0.05) is 24.4 Å². The molecule has 5 heteroatoms. The van der Waals surface area contributed by atoms with Crippen LogP contribution in [0.2, 0.25) is 0 Å². The second kappa shape index (κ2) is 9.09. The summed E-state index contributed by atoms with van der Waals surface area (Å²) in [5, 5.41) is 0.662. The fourth-order valence-electron chi connectivity index (χ4n) is 3.10. The average Bonchev–Trinajstić information content (AvgIpc) is 3.10. The molecule has 0 aliphatic carbocycles. The van der Waals surface area contributed by atoms with Crippen LogP contribution in [0.4, 0.5) is 0 Å². The summed E-state index contributed by atoms with van der Waals surface area (Å²) in [5.74, 6) is 0.831. The van der Waals surface area contributed by atoms with Gasteiger partial charge in [0.1, 0.15) is 5.52 Å². The number of benzene rings is 2. The summed E-state index contributed by atoms with van der Waals surface area (Å²) in [5.41, 5.74) is 4.69. The summed E-state index contributed by atoms with van der Waals surface area (Å²) in [7, 11) is 0. The number of carbonyl (C=O) groups excluding carboxylic acids is 1. The number of para-hydroxylation sites is 1. The smallest absolute Gasteiger partial charge is 0.257 e. The molecule has 2 aromatic carbocycles. The molecule has 1 aromatic heterocycles. The fourth-order valence-corrected chi connectivity index (χ4v) is 3.88. The number of hydrogen-bond acceptors (Lipinski definition) is 4. The highest BCUT2D eigenvalue weighted by molar-refractivity contribution is 7.98. The van der Waals surface area contributed by atoms with Gasteiger partial charge in [-0.1, -0.05) is 49.9 Å². The van der Waals surface area contributed by atoms with E-state index >= 15 is 0 Å². The van der Waals surface area contributed by atoms with Crippen molar-refractivity contribution in [2.45, 2.75) is 44.6 Å². The molecule has 27 heavy (non-hydrogen) atoms.